The molecular formula is C8H8BrClF3N. The van der Waals surface area contributed by atoms with Crippen LogP contribution in [0.2, 0.25) is 0 Å². The summed E-state index contributed by atoms with van der Waals surface area (Å²) < 4.78 is 37.5. The molecule has 1 atom stereocenters. The van der Waals surface area contributed by atoms with Crippen molar-refractivity contribution in [2.45, 2.75) is 12.5 Å². The van der Waals surface area contributed by atoms with Gasteiger partial charge in [-0.2, -0.15) is 0 Å². The van der Waals surface area contributed by atoms with Gasteiger partial charge in [-0.25, -0.2) is 13.2 Å². The highest BCUT2D eigenvalue weighted by molar-refractivity contribution is 9.10. The van der Waals surface area contributed by atoms with E-state index in [9.17, 15) is 13.2 Å². The minimum atomic E-state index is -2.76. The van der Waals surface area contributed by atoms with Crippen LogP contribution in [0.15, 0.2) is 22.7 Å². The zero-order valence-electron chi connectivity index (χ0n) is 6.88. The molecule has 0 radical (unpaired) electrons. The largest absolute Gasteiger partial charge is 0.319 e. The van der Waals surface area contributed by atoms with E-state index in [1.807, 2.05) is 0 Å². The number of hydrogen-bond donors (Lipinski definition) is 1. The van der Waals surface area contributed by atoms with Crippen molar-refractivity contribution in [1.29, 1.82) is 0 Å². The van der Waals surface area contributed by atoms with Gasteiger partial charge in [-0.05, 0) is 22.0 Å². The maximum absolute atomic E-state index is 13.2. The minimum absolute atomic E-state index is 0. The zero-order chi connectivity index (χ0) is 10.0. The molecule has 1 rings (SSSR count). The number of rotatable bonds is 2. The van der Waals surface area contributed by atoms with Crippen LogP contribution < -0.4 is 5.73 Å². The molecule has 2 N–H and O–H groups in total. The first kappa shape index (κ1) is 13.7. The molecule has 0 amide bonds. The molecule has 0 aliphatic heterocycles. The van der Waals surface area contributed by atoms with Gasteiger partial charge in [-0.15, -0.1) is 12.4 Å². The fraction of sp³-hybridized carbons (Fsp3) is 0.250. The normalized spacial score (nSPS) is 12.4. The molecule has 0 aliphatic rings. The monoisotopic (exact) mass is 289 g/mol. The van der Waals surface area contributed by atoms with Gasteiger partial charge in [0.15, 0.2) is 0 Å². The van der Waals surface area contributed by atoms with Crippen LogP contribution in [0.3, 0.4) is 0 Å². The summed E-state index contributed by atoms with van der Waals surface area (Å²) in [4.78, 5) is 0. The van der Waals surface area contributed by atoms with Crippen molar-refractivity contribution in [2.24, 2.45) is 5.73 Å². The lowest BCUT2D eigenvalue weighted by Crippen LogP contribution is -2.20. The number of halogens is 5. The third-order valence-electron chi connectivity index (χ3n) is 1.61. The summed E-state index contributed by atoms with van der Waals surface area (Å²) >= 11 is 2.89. The first-order chi connectivity index (χ1) is 6.04. The number of alkyl halides is 2. The molecule has 0 saturated heterocycles. The number of hydrogen-bond acceptors (Lipinski definition) is 1. The maximum Gasteiger partial charge on any atom is 0.257 e. The molecule has 0 fully saturated rings. The Balaban J connectivity index is 0.00000169. The Hall–Kier alpha value is -0.260. The molecule has 0 bridgehead atoms. The van der Waals surface area contributed by atoms with E-state index in [2.05, 4.69) is 15.9 Å². The van der Waals surface area contributed by atoms with E-state index in [1.165, 1.54) is 18.2 Å². The van der Waals surface area contributed by atoms with Gasteiger partial charge in [-0.1, -0.05) is 12.1 Å². The van der Waals surface area contributed by atoms with Gasteiger partial charge in [0, 0.05) is 5.56 Å². The van der Waals surface area contributed by atoms with Crippen LogP contribution >= 0.6 is 28.3 Å². The van der Waals surface area contributed by atoms with Crippen molar-refractivity contribution < 1.29 is 13.2 Å². The Morgan fingerprint density at radius 1 is 1.29 bits per heavy atom. The highest BCUT2D eigenvalue weighted by atomic mass is 79.9. The van der Waals surface area contributed by atoms with Crippen LogP contribution in [-0.2, 0) is 0 Å². The van der Waals surface area contributed by atoms with Crippen molar-refractivity contribution in [3.05, 3.63) is 34.1 Å². The Bertz CT molecular complexity index is 309. The quantitative estimate of drug-likeness (QED) is 0.889. The predicted octanol–water partition coefficient (Wildman–Crippen LogP) is 3.27. The van der Waals surface area contributed by atoms with Gasteiger partial charge in [0.2, 0.25) is 0 Å². The third kappa shape index (κ3) is 2.87. The van der Waals surface area contributed by atoms with E-state index in [-0.39, 0.29) is 22.4 Å². The molecule has 0 unspecified atom stereocenters. The van der Waals surface area contributed by atoms with E-state index < -0.39 is 18.3 Å². The second-order valence-electron chi connectivity index (χ2n) is 2.50. The minimum Gasteiger partial charge on any atom is -0.319 e. The van der Waals surface area contributed by atoms with Crippen molar-refractivity contribution >= 4 is 28.3 Å². The van der Waals surface area contributed by atoms with Crippen LogP contribution in [0.4, 0.5) is 13.2 Å². The van der Waals surface area contributed by atoms with E-state index in [0.717, 1.165) is 0 Å². The van der Waals surface area contributed by atoms with E-state index in [4.69, 9.17) is 5.73 Å². The average molecular weight is 291 g/mol. The van der Waals surface area contributed by atoms with Crippen LogP contribution in [-0.4, -0.2) is 6.43 Å². The van der Waals surface area contributed by atoms with Crippen LogP contribution in [0.1, 0.15) is 11.6 Å². The molecule has 1 aromatic rings. The van der Waals surface area contributed by atoms with Gasteiger partial charge in [0.25, 0.3) is 6.43 Å². The van der Waals surface area contributed by atoms with Crippen molar-refractivity contribution in [3.8, 4) is 0 Å². The summed E-state index contributed by atoms with van der Waals surface area (Å²) in [6, 6.07) is 2.57. The molecule has 0 spiro atoms. The van der Waals surface area contributed by atoms with Gasteiger partial charge in [0.1, 0.15) is 5.82 Å². The van der Waals surface area contributed by atoms with Gasteiger partial charge in [0.05, 0.1) is 10.5 Å². The lowest BCUT2D eigenvalue weighted by atomic mass is 10.1. The molecular weight excluding hydrogens is 282 g/mol. The summed E-state index contributed by atoms with van der Waals surface area (Å²) in [7, 11) is 0. The topological polar surface area (TPSA) is 26.0 Å². The van der Waals surface area contributed by atoms with Crippen LogP contribution in [0.25, 0.3) is 0 Å². The smallest absolute Gasteiger partial charge is 0.257 e. The Morgan fingerprint density at radius 2 is 1.86 bits per heavy atom. The Morgan fingerprint density at radius 3 is 2.36 bits per heavy atom. The van der Waals surface area contributed by atoms with E-state index in [0.29, 0.717) is 0 Å². The molecule has 0 saturated carbocycles. The van der Waals surface area contributed by atoms with Gasteiger partial charge in [-0.3, -0.25) is 0 Å². The highest BCUT2D eigenvalue weighted by Crippen LogP contribution is 2.25. The first-order valence-electron chi connectivity index (χ1n) is 3.51. The van der Waals surface area contributed by atoms with Gasteiger partial charge >= 0.3 is 0 Å². The molecule has 1 nitrogen and oxygen atoms in total. The van der Waals surface area contributed by atoms with Crippen LogP contribution in [0, 0.1) is 5.82 Å². The lowest BCUT2D eigenvalue weighted by Gasteiger charge is -2.11. The van der Waals surface area contributed by atoms with Crippen molar-refractivity contribution in [2.75, 3.05) is 0 Å². The van der Waals surface area contributed by atoms with Crippen LogP contribution in [0.5, 0.6) is 0 Å². The average Bonchev–Trinajstić information content (AvgIpc) is 2.08. The predicted molar refractivity (Wildman–Crippen MR) is 54.3 cm³/mol. The summed E-state index contributed by atoms with van der Waals surface area (Å²) in [5.41, 5.74) is 4.92. The SMILES string of the molecule is Cl.N[C@@H](c1cccc(Br)c1F)C(F)F. The Kier molecular flexibility index (Phi) is 5.48. The third-order valence-corrected chi connectivity index (χ3v) is 2.22. The summed E-state index contributed by atoms with van der Waals surface area (Å²) in [5, 5.41) is 0. The summed E-state index contributed by atoms with van der Waals surface area (Å²) in [5.74, 6) is -0.727. The standard InChI is InChI=1S/C8H7BrF3N.ClH/c9-5-3-1-2-4(6(5)10)7(13)8(11)12;/h1-3,7-8H,13H2;1H/t7-;/m0./s1. The second-order valence-corrected chi connectivity index (χ2v) is 3.36. The number of benzene rings is 1. The molecule has 0 aromatic heterocycles. The zero-order valence-corrected chi connectivity index (χ0v) is 9.29. The summed E-state index contributed by atoms with van der Waals surface area (Å²) in [6.07, 6.45) is -2.76. The molecule has 1 aromatic carbocycles. The fourth-order valence-corrected chi connectivity index (χ4v) is 1.30. The van der Waals surface area contributed by atoms with E-state index >= 15 is 0 Å². The molecule has 0 heterocycles. The molecule has 6 heteroatoms. The Labute approximate surface area is 94.0 Å². The fourth-order valence-electron chi connectivity index (χ4n) is 0.914. The molecule has 80 valence electrons. The number of nitrogens with two attached hydrogens (primary N) is 1. The maximum atomic E-state index is 13.2. The summed E-state index contributed by atoms with van der Waals surface area (Å²) in [6.45, 7) is 0. The first-order valence-corrected chi connectivity index (χ1v) is 4.31. The second kappa shape index (κ2) is 5.58. The van der Waals surface area contributed by atoms with E-state index in [1.54, 1.807) is 0 Å². The lowest BCUT2D eigenvalue weighted by molar-refractivity contribution is 0.114. The molecule has 0 aliphatic carbocycles. The van der Waals surface area contributed by atoms with Crippen molar-refractivity contribution in [1.82, 2.24) is 0 Å². The van der Waals surface area contributed by atoms with Gasteiger partial charge < -0.3 is 5.73 Å². The highest BCUT2D eigenvalue weighted by Gasteiger charge is 2.21. The molecule has 14 heavy (non-hydrogen) atoms. The van der Waals surface area contributed by atoms with Crippen molar-refractivity contribution in [3.63, 3.8) is 0 Å².